The van der Waals surface area contributed by atoms with Gasteiger partial charge in [0.05, 0.1) is 11.6 Å². The quantitative estimate of drug-likeness (QED) is 0.822. The standard InChI is InChI=1S/C11H10F2N2O/c12-9-1-7(3-14)2-10(13)11(9)15-4-8(5-15)6-16/h1-2,8,16H,4-6H2. The Hall–Kier alpha value is -1.67. The first-order chi connectivity index (χ1) is 7.65. The molecule has 1 aliphatic heterocycles. The van der Waals surface area contributed by atoms with E-state index in [1.165, 1.54) is 4.90 Å². The van der Waals surface area contributed by atoms with Crippen molar-refractivity contribution in [3.8, 4) is 6.07 Å². The minimum atomic E-state index is -0.729. The molecule has 1 aliphatic rings. The number of nitriles is 1. The zero-order valence-corrected chi connectivity index (χ0v) is 8.45. The van der Waals surface area contributed by atoms with E-state index in [0.717, 1.165) is 12.1 Å². The maximum Gasteiger partial charge on any atom is 0.150 e. The average molecular weight is 224 g/mol. The van der Waals surface area contributed by atoms with Gasteiger partial charge in [0.2, 0.25) is 0 Å². The highest BCUT2D eigenvalue weighted by atomic mass is 19.1. The number of halogens is 2. The van der Waals surface area contributed by atoms with Crippen LogP contribution in [0, 0.1) is 28.9 Å². The van der Waals surface area contributed by atoms with Gasteiger partial charge in [0.1, 0.15) is 5.69 Å². The molecule has 3 nitrogen and oxygen atoms in total. The first kappa shape index (κ1) is 10.8. The summed E-state index contributed by atoms with van der Waals surface area (Å²) in [5.41, 5.74) is -0.137. The monoisotopic (exact) mass is 224 g/mol. The lowest BCUT2D eigenvalue weighted by Crippen LogP contribution is -2.49. The fraction of sp³-hybridized carbons (Fsp3) is 0.364. The van der Waals surface area contributed by atoms with E-state index in [0.29, 0.717) is 13.1 Å². The van der Waals surface area contributed by atoms with Gasteiger partial charge in [-0.05, 0) is 12.1 Å². The van der Waals surface area contributed by atoms with Crippen LogP contribution in [0.5, 0.6) is 0 Å². The molecule has 5 heteroatoms. The number of anilines is 1. The van der Waals surface area contributed by atoms with Crippen LogP contribution in [0.25, 0.3) is 0 Å². The molecule has 1 heterocycles. The van der Waals surface area contributed by atoms with Crippen LogP contribution in [0.2, 0.25) is 0 Å². The Kier molecular flexibility index (Phi) is 2.75. The third kappa shape index (κ3) is 1.72. The second kappa shape index (κ2) is 4.06. The lowest BCUT2D eigenvalue weighted by molar-refractivity contribution is 0.199. The zero-order valence-electron chi connectivity index (χ0n) is 8.45. The number of benzene rings is 1. The minimum Gasteiger partial charge on any atom is -0.396 e. The third-order valence-electron chi connectivity index (χ3n) is 2.68. The van der Waals surface area contributed by atoms with E-state index in [2.05, 4.69) is 0 Å². The Labute approximate surface area is 91.5 Å². The molecule has 0 aliphatic carbocycles. The van der Waals surface area contributed by atoms with Gasteiger partial charge in [-0.2, -0.15) is 5.26 Å². The SMILES string of the molecule is N#Cc1cc(F)c(N2CC(CO)C2)c(F)c1. The Morgan fingerprint density at radius 2 is 1.94 bits per heavy atom. The zero-order chi connectivity index (χ0) is 11.7. The fourth-order valence-corrected chi connectivity index (χ4v) is 1.80. The summed E-state index contributed by atoms with van der Waals surface area (Å²) >= 11 is 0. The summed E-state index contributed by atoms with van der Waals surface area (Å²) in [6.45, 7) is 0.905. The van der Waals surface area contributed by atoms with Crippen molar-refractivity contribution in [2.75, 3.05) is 24.6 Å². The Balaban J connectivity index is 2.26. The molecule has 0 atom stereocenters. The predicted octanol–water partition coefficient (Wildman–Crippen LogP) is 1.26. The molecule has 0 amide bonds. The molecule has 0 saturated carbocycles. The summed E-state index contributed by atoms with van der Waals surface area (Å²) in [4.78, 5) is 1.52. The van der Waals surface area contributed by atoms with Crippen LogP contribution in [0.4, 0.5) is 14.5 Å². The summed E-state index contributed by atoms with van der Waals surface area (Å²) in [5, 5.41) is 17.4. The van der Waals surface area contributed by atoms with Gasteiger partial charge in [0.15, 0.2) is 11.6 Å². The van der Waals surface area contributed by atoms with Gasteiger partial charge >= 0.3 is 0 Å². The highest BCUT2D eigenvalue weighted by Crippen LogP contribution is 2.30. The summed E-state index contributed by atoms with van der Waals surface area (Å²) in [6.07, 6.45) is 0. The van der Waals surface area contributed by atoms with E-state index < -0.39 is 11.6 Å². The molecular formula is C11H10F2N2O. The number of aliphatic hydroxyl groups excluding tert-OH is 1. The Morgan fingerprint density at radius 1 is 1.38 bits per heavy atom. The summed E-state index contributed by atoms with van der Waals surface area (Å²) in [5.74, 6) is -1.38. The van der Waals surface area contributed by atoms with Crippen LogP contribution in [0.1, 0.15) is 5.56 Å². The van der Waals surface area contributed by atoms with Crippen LogP contribution >= 0.6 is 0 Å². The lowest BCUT2D eigenvalue weighted by atomic mass is 10.00. The maximum atomic E-state index is 13.5. The van der Waals surface area contributed by atoms with Crippen molar-refractivity contribution in [3.63, 3.8) is 0 Å². The molecule has 1 fully saturated rings. The van der Waals surface area contributed by atoms with E-state index in [9.17, 15) is 8.78 Å². The Morgan fingerprint density at radius 3 is 2.38 bits per heavy atom. The first-order valence-corrected chi connectivity index (χ1v) is 4.90. The van der Waals surface area contributed by atoms with Gasteiger partial charge in [-0.25, -0.2) is 8.78 Å². The van der Waals surface area contributed by atoms with Gasteiger partial charge in [0, 0.05) is 25.6 Å². The molecule has 0 bridgehead atoms. The van der Waals surface area contributed by atoms with Crippen LogP contribution < -0.4 is 4.90 Å². The molecule has 84 valence electrons. The summed E-state index contributed by atoms with van der Waals surface area (Å²) in [7, 11) is 0. The topological polar surface area (TPSA) is 47.3 Å². The molecule has 1 saturated heterocycles. The van der Waals surface area contributed by atoms with Crippen molar-refractivity contribution >= 4 is 5.69 Å². The summed E-state index contributed by atoms with van der Waals surface area (Å²) < 4.78 is 27.0. The summed E-state index contributed by atoms with van der Waals surface area (Å²) in [6, 6.07) is 3.73. The van der Waals surface area contributed by atoms with E-state index in [-0.39, 0.29) is 23.8 Å². The van der Waals surface area contributed by atoms with Crippen molar-refractivity contribution in [2.45, 2.75) is 0 Å². The number of rotatable bonds is 2. The highest BCUT2D eigenvalue weighted by molar-refractivity contribution is 5.54. The van der Waals surface area contributed by atoms with E-state index in [4.69, 9.17) is 10.4 Å². The first-order valence-electron chi connectivity index (χ1n) is 4.90. The second-order valence-electron chi connectivity index (χ2n) is 3.85. The number of nitrogens with zero attached hydrogens (tertiary/aromatic N) is 2. The molecule has 0 unspecified atom stereocenters. The predicted molar refractivity (Wildman–Crippen MR) is 53.9 cm³/mol. The Bertz CT molecular complexity index is 427. The van der Waals surface area contributed by atoms with E-state index in [1.54, 1.807) is 6.07 Å². The molecule has 16 heavy (non-hydrogen) atoms. The molecule has 0 spiro atoms. The maximum absolute atomic E-state index is 13.5. The lowest BCUT2D eigenvalue weighted by Gasteiger charge is -2.40. The normalized spacial score (nSPS) is 15.8. The van der Waals surface area contributed by atoms with Crippen molar-refractivity contribution < 1.29 is 13.9 Å². The van der Waals surface area contributed by atoms with Gasteiger partial charge in [-0.3, -0.25) is 0 Å². The molecule has 2 rings (SSSR count). The van der Waals surface area contributed by atoms with Crippen LogP contribution in [0.15, 0.2) is 12.1 Å². The molecule has 0 radical (unpaired) electrons. The molecular weight excluding hydrogens is 214 g/mol. The van der Waals surface area contributed by atoms with Gasteiger partial charge in [-0.1, -0.05) is 0 Å². The van der Waals surface area contributed by atoms with Gasteiger partial charge in [0.25, 0.3) is 0 Å². The largest absolute Gasteiger partial charge is 0.396 e. The molecule has 1 aromatic rings. The number of hydrogen-bond acceptors (Lipinski definition) is 3. The fourth-order valence-electron chi connectivity index (χ4n) is 1.80. The van der Waals surface area contributed by atoms with Gasteiger partial charge < -0.3 is 10.0 Å². The second-order valence-corrected chi connectivity index (χ2v) is 3.85. The van der Waals surface area contributed by atoms with Crippen LogP contribution in [-0.4, -0.2) is 24.8 Å². The van der Waals surface area contributed by atoms with Crippen LogP contribution in [-0.2, 0) is 0 Å². The average Bonchev–Trinajstić information content (AvgIpc) is 2.19. The van der Waals surface area contributed by atoms with Gasteiger partial charge in [-0.15, -0.1) is 0 Å². The third-order valence-corrected chi connectivity index (χ3v) is 2.68. The molecule has 1 N–H and O–H groups in total. The van der Waals surface area contributed by atoms with Crippen molar-refractivity contribution in [1.29, 1.82) is 5.26 Å². The van der Waals surface area contributed by atoms with Crippen molar-refractivity contribution in [1.82, 2.24) is 0 Å². The van der Waals surface area contributed by atoms with Crippen molar-refractivity contribution in [3.05, 3.63) is 29.3 Å². The molecule has 0 aromatic heterocycles. The number of aliphatic hydroxyl groups is 1. The number of hydrogen-bond donors (Lipinski definition) is 1. The van der Waals surface area contributed by atoms with Crippen LogP contribution in [0.3, 0.4) is 0 Å². The van der Waals surface area contributed by atoms with Crippen molar-refractivity contribution in [2.24, 2.45) is 5.92 Å². The smallest absolute Gasteiger partial charge is 0.150 e. The van der Waals surface area contributed by atoms with E-state index in [1.807, 2.05) is 0 Å². The minimum absolute atomic E-state index is 0.0238. The molecule has 1 aromatic carbocycles. The highest BCUT2D eigenvalue weighted by Gasteiger charge is 2.30. The van der Waals surface area contributed by atoms with E-state index >= 15 is 0 Å².